The first-order valence-electron chi connectivity index (χ1n) is 9.05. The number of ether oxygens (including phenoxy) is 2. The van der Waals surface area contributed by atoms with Crippen molar-refractivity contribution in [3.8, 4) is 5.75 Å². The molecule has 0 aliphatic carbocycles. The number of allylic oxidation sites excluding steroid dienone is 2. The molecule has 0 aliphatic heterocycles. The van der Waals surface area contributed by atoms with E-state index in [-0.39, 0.29) is 17.4 Å². The number of hydrogen-bond donors (Lipinski definition) is 2. The summed E-state index contributed by atoms with van der Waals surface area (Å²) in [4.78, 5) is 12.0. The van der Waals surface area contributed by atoms with Crippen LogP contribution >= 0.6 is 0 Å². The number of para-hydroxylation sites is 2. The maximum Gasteiger partial charge on any atom is 0.248 e. The van der Waals surface area contributed by atoms with Crippen molar-refractivity contribution in [3.05, 3.63) is 78.4 Å². The zero-order valence-electron chi connectivity index (χ0n) is 16.8. The van der Waals surface area contributed by atoms with Crippen molar-refractivity contribution in [2.45, 2.75) is 20.0 Å². The van der Waals surface area contributed by atoms with E-state index >= 15 is 0 Å². The largest absolute Gasteiger partial charge is 0.497 e. The number of methoxy groups -OCH3 is 2. The van der Waals surface area contributed by atoms with Gasteiger partial charge in [-0.2, -0.15) is 0 Å². The Bertz CT molecular complexity index is 839. The standard InChI is InChI=1S/C23H28N2O3/c1-23(2,22(28-4)17-12-14-18(27-3)15-13-17)16-8-7-11-21(26)25-20-10-6-5-9-19(20)24/h5-16,22H,24H2,1-4H3,(H,25,26). The molecule has 5 nitrogen and oxygen atoms in total. The monoisotopic (exact) mass is 380 g/mol. The van der Waals surface area contributed by atoms with Crippen molar-refractivity contribution in [1.29, 1.82) is 0 Å². The Morgan fingerprint density at radius 1 is 1.07 bits per heavy atom. The first-order chi connectivity index (χ1) is 13.4. The van der Waals surface area contributed by atoms with Crippen LogP contribution in [0.4, 0.5) is 11.4 Å². The minimum Gasteiger partial charge on any atom is -0.497 e. The number of hydrogen-bond acceptors (Lipinski definition) is 4. The van der Waals surface area contributed by atoms with Gasteiger partial charge in [0.25, 0.3) is 0 Å². The molecule has 2 aromatic carbocycles. The fraction of sp³-hybridized carbons (Fsp3) is 0.261. The first kappa shape index (κ1) is 21.3. The van der Waals surface area contributed by atoms with Gasteiger partial charge in [0.1, 0.15) is 5.75 Å². The summed E-state index contributed by atoms with van der Waals surface area (Å²) in [6.07, 6.45) is 6.90. The molecule has 0 saturated heterocycles. The van der Waals surface area contributed by atoms with Gasteiger partial charge in [0.05, 0.1) is 24.6 Å². The van der Waals surface area contributed by atoms with E-state index < -0.39 is 0 Å². The average molecular weight is 380 g/mol. The van der Waals surface area contributed by atoms with Crippen LogP contribution in [-0.2, 0) is 9.53 Å². The summed E-state index contributed by atoms with van der Waals surface area (Å²) in [5.74, 6) is 0.568. The van der Waals surface area contributed by atoms with Crippen molar-refractivity contribution < 1.29 is 14.3 Å². The number of nitrogen functional groups attached to an aromatic ring is 1. The van der Waals surface area contributed by atoms with E-state index in [2.05, 4.69) is 19.2 Å². The third-order valence-electron chi connectivity index (χ3n) is 4.43. The van der Waals surface area contributed by atoms with Crippen LogP contribution in [0.25, 0.3) is 0 Å². The molecular weight excluding hydrogens is 352 g/mol. The third kappa shape index (κ3) is 5.72. The summed E-state index contributed by atoms with van der Waals surface area (Å²) in [7, 11) is 3.34. The van der Waals surface area contributed by atoms with Gasteiger partial charge in [0.15, 0.2) is 0 Å². The van der Waals surface area contributed by atoms with Crippen molar-refractivity contribution in [3.63, 3.8) is 0 Å². The lowest BCUT2D eigenvalue weighted by atomic mass is 9.82. The van der Waals surface area contributed by atoms with Gasteiger partial charge in [0.2, 0.25) is 5.91 Å². The second-order valence-corrected chi connectivity index (χ2v) is 7.01. The molecule has 0 heterocycles. The van der Waals surface area contributed by atoms with Gasteiger partial charge >= 0.3 is 0 Å². The molecule has 2 rings (SSSR count). The summed E-state index contributed by atoms with van der Waals surface area (Å²) in [6.45, 7) is 4.17. The summed E-state index contributed by atoms with van der Waals surface area (Å²) in [5.41, 5.74) is 7.73. The van der Waals surface area contributed by atoms with Crippen molar-refractivity contribution in [1.82, 2.24) is 0 Å². The molecule has 0 saturated carbocycles. The van der Waals surface area contributed by atoms with Crippen molar-refractivity contribution >= 4 is 17.3 Å². The average Bonchev–Trinajstić information content (AvgIpc) is 2.68. The predicted molar refractivity (Wildman–Crippen MR) is 114 cm³/mol. The van der Waals surface area contributed by atoms with E-state index in [0.717, 1.165) is 11.3 Å². The topological polar surface area (TPSA) is 73.6 Å². The summed E-state index contributed by atoms with van der Waals surface area (Å²) >= 11 is 0. The van der Waals surface area contributed by atoms with E-state index in [1.807, 2.05) is 48.6 Å². The molecule has 1 atom stereocenters. The molecule has 0 radical (unpaired) electrons. The minimum atomic E-state index is -0.284. The molecular formula is C23H28N2O3. The Balaban J connectivity index is 2.02. The van der Waals surface area contributed by atoms with E-state index in [1.54, 1.807) is 32.4 Å². The van der Waals surface area contributed by atoms with Gasteiger partial charge in [0, 0.05) is 18.6 Å². The normalized spacial score (nSPS) is 13.0. The SMILES string of the molecule is COc1ccc(C(OC)C(C)(C)C=CC=CC(=O)Nc2ccccc2N)cc1. The number of amides is 1. The van der Waals surface area contributed by atoms with E-state index in [1.165, 1.54) is 6.08 Å². The fourth-order valence-electron chi connectivity index (χ4n) is 2.97. The molecule has 148 valence electrons. The number of nitrogens with two attached hydrogens (primary N) is 1. The maximum atomic E-state index is 12.0. The smallest absolute Gasteiger partial charge is 0.248 e. The molecule has 1 unspecified atom stereocenters. The lowest BCUT2D eigenvalue weighted by Gasteiger charge is -2.31. The zero-order chi connectivity index (χ0) is 20.6. The van der Waals surface area contributed by atoms with E-state index in [0.29, 0.717) is 11.4 Å². The van der Waals surface area contributed by atoms with E-state index in [9.17, 15) is 4.79 Å². The Morgan fingerprint density at radius 2 is 1.75 bits per heavy atom. The van der Waals surface area contributed by atoms with Gasteiger partial charge in [-0.1, -0.05) is 56.3 Å². The molecule has 2 aromatic rings. The highest BCUT2D eigenvalue weighted by atomic mass is 16.5. The molecule has 0 fully saturated rings. The zero-order valence-corrected chi connectivity index (χ0v) is 16.8. The summed E-state index contributed by atoms with van der Waals surface area (Å²) < 4.78 is 10.9. The summed E-state index contributed by atoms with van der Waals surface area (Å²) in [6, 6.07) is 15.0. The van der Waals surface area contributed by atoms with Gasteiger partial charge in [-0.15, -0.1) is 0 Å². The minimum absolute atomic E-state index is 0.138. The number of nitrogens with one attached hydrogen (secondary N) is 1. The predicted octanol–water partition coefficient (Wildman–Crippen LogP) is 4.74. The molecule has 0 bridgehead atoms. The molecule has 1 amide bonds. The van der Waals surface area contributed by atoms with E-state index in [4.69, 9.17) is 15.2 Å². The molecule has 5 heteroatoms. The van der Waals surface area contributed by atoms with Gasteiger partial charge in [-0.25, -0.2) is 0 Å². The fourth-order valence-corrected chi connectivity index (χ4v) is 2.97. The van der Waals surface area contributed by atoms with Crippen LogP contribution < -0.4 is 15.8 Å². The van der Waals surface area contributed by atoms with Crippen LogP contribution in [0.2, 0.25) is 0 Å². The molecule has 3 N–H and O–H groups in total. The second kappa shape index (κ2) is 9.76. The highest BCUT2D eigenvalue weighted by Crippen LogP contribution is 2.37. The first-order valence-corrected chi connectivity index (χ1v) is 9.05. The Morgan fingerprint density at radius 3 is 2.36 bits per heavy atom. The second-order valence-electron chi connectivity index (χ2n) is 7.01. The Labute approximate surface area is 166 Å². The highest BCUT2D eigenvalue weighted by molar-refractivity contribution is 6.01. The van der Waals surface area contributed by atoms with Gasteiger partial charge < -0.3 is 20.5 Å². The van der Waals surface area contributed by atoms with Gasteiger partial charge in [-0.3, -0.25) is 4.79 Å². The Hall–Kier alpha value is -3.05. The van der Waals surface area contributed by atoms with Crippen molar-refractivity contribution in [2.24, 2.45) is 5.41 Å². The molecule has 28 heavy (non-hydrogen) atoms. The number of carbonyl (C=O) groups excluding carboxylic acids is 1. The molecule has 0 aromatic heterocycles. The van der Waals surface area contributed by atoms with Crippen LogP contribution in [0.3, 0.4) is 0 Å². The van der Waals surface area contributed by atoms with Crippen molar-refractivity contribution in [2.75, 3.05) is 25.3 Å². The maximum absolute atomic E-state index is 12.0. The molecule has 0 aliphatic rings. The lowest BCUT2D eigenvalue weighted by molar-refractivity contribution is -0.111. The van der Waals surface area contributed by atoms with Crippen LogP contribution in [0.1, 0.15) is 25.5 Å². The van der Waals surface area contributed by atoms with Crippen LogP contribution in [-0.4, -0.2) is 20.1 Å². The number of rotatable bonds is 8. The highest BCUT2D eigenvalue weighted by Gasteiger charge is 2.28. The number of anilines is 2. The van der Waals surface area contributed by atoms with Crippen LogP contribution in [0.15, 0.2) is 72.8 Å². The number of carbonyl (C=O) groups is 1. The molecule has 0 spiro atoms. The Kier molecular flexibility index (Phi) is 7.41. The number of benzene rings is 2. The quantitative estimate of drug-likeness (QED) is 0.394. The summed E-state index contributed by atoms with van der Waals surface area (Å²) in [5, 5.41) is 2.76. The van der Waals surface area contributed by atoms with Gasteiger partial charge in [-0.05, 0) is 29.8 Å². The van der Waals surface area contributed by atoms with Crippen LogP contribution in [0, 0.1) is 5.41 Å². The van der Waals surface area contributed by atoms with Crippen LogP contribution in [0.5, 0.6) is 5.75 Å². The lowest BCUT2D eigenvalue weighted by Crippen LogP contribution is -2.21. The third-order valence-corrected chi connectivity index (χ3v) is 4.43.